The van der Waals surface area contributed by atoms with Crippen LogP contribution in [0.5, 0.6) is 11.5 Å². The lowest BCUT2D eigenvalue weighted by Crippen LogP contribution is -2.42. The summed E-state index contributed by atoms with van der Waals surface area (Å²) in [6.45, 7) is 0.969. The first-order valence-corrected chi connectivity index (χ1v) is 8.99. The van der Waals surface area contributed by atoms with Crippen LogP contribution < -0.4 is 14.6 Å². The van der Waals surface area contributed by atoms with E-state index in [2.05, 4.69) is 30.0 Å². The summed E-state index contributed by atoms with van der Waals surface area (Å²) in [5, 5.41) is 26.9. The number of methoxy groups -OCH3 is 1. The van der Waals surface area contributed by atoms with Gasteiger partial charge in [-0.3, -0.25) is 4.79 Å². The summed E-state index contributed by atoms with van der Waals surface area (Å²) >= 11 is 0. The number of rotatable bonds is 3. The van der Waals surface area contributed by atoms with Crippen LogP contribution in [0.25, 0.3) is 0 Å². The molecule has 28 heavy (non-hydrogen) atoms. The molecular formula is C20H23NO7. The fraction of sp³-hybridized carbons (Fsp3) is 0.450. The van der Waals surface area contributed by atoms with Crippen LogP contribution in [-0.2, 0) is 15.0 Å². The number of hydrogen-bond acceptors (Lipinski definition) is 6. The van der Waals surface area contributed by atoms with Crippen LogP contribution in [0.2, 0.25) is 0 Å². The van der Waals surface area contributed by atoms with E-state index in [-0.39, 0.29) is 11.5 Å². The number of aliphatic carboxylic acids is 2. The average Bonchev–Trinajstić information content (AvgIpc) is 2.86. The van der Waals surface area contributed by atoms with Gasteiger partial charge < -0.3 is 29.6 Å². The van der Waals surface area contributed by atoms with Gasteiger partial charge in [0.2, 0.25) is 0 Å². The minimum atomic E-state index is -1.56. The Morgan fingerprint density at radius 3 is 2.79 bits per heavy atom. The predicted octanol–water partition coefficient (Wildman–Crippen LogP) is -0.309. The Morgan fingerprint density at radius 1 is 1.43 bits per heavy atom. The summed E-state index contributed by atoms with van der Waals surface area (Å²) in [6.07, 6.45) is 6.53. The zero-order valence-electron chi connectivity index (χ0n) is 15.8. The van der Waals surface area contributed by atoms with Crippen molar-refractivity contribution in [3.05, 3.63) is 35.4 Å². The number of carboxylic acids is 2. The van der Waals surface area contributed by atoms with Crippen molar-refractivity contribution in [1.29, 1.82) is 0 Å². The maximum Gasteiger partial charge on any atom is 0.309 e. The molecule has 1 spiro atoms. The number of nitrogens with zero attached hydrogens (tertiary/aromatic N) is 1. The van der Waals surface area contributed by atoms with Gasteiger partial charge in [0.15, 0.2) is 17.7 Å². The molecule has 4 rings (SSSR count). The van der Waals surface area contributed by atoms with Crippen LogP contribution in [0.15, 0.2) is 24.3 Å². The second-order valence-corrected chi connectivity index (χ2v) is 7.17. The molecule has 2 heterocycles. The quantitative estimate of drug-likeness (QED) is 0.413. The SMILES string of the molecule is COc1ccc2c3c1OC1C[C@@H](O)C=C[C@@]31CC[N+](C)=C2.O=C([O-])CC(=O)O. The van der Waals surface area contributed by atoms with E-state index in [0.717, 1.165) is 24.5 Å². The van der Waals surface area contributed by atoms with E-state index in [0.29, 0.717) is 6.42 Å². The van der Waals surface area contributed by atoms with Crippen LogP contribution in [-0.4, -0.2) is 65.9 Å². The van der Waals surface area contributed by atoms with Crippen LogP contribution in [0, 0.1) is 0 Å². The lowest BCUT2D eigenvalue weighted by atomic mass is 9.69. The number of benzene rings is 1. The summed E-state index contributed by atoms with van der Waals surface area (Å²) < 4.78 is 13.9. The van der Waals surface area contributed by atoms with E-state index in [1.165, 1.54) is 11.1 Å². The molecule has 8 nitrogen and oxygen atoms in total. The Labute approximate surface area is 162 Å². The van der Waals surface area contributed by atoms with Crippen LogP contribution >= 0.6 is 0 Å². The molecule has 0 amide bonds. The third kappa shape index (κ3) is 3.60. The molecule has 0 saturated heterocycles. The van der Waals surface area contributed by atoms with Gasteiger partial charge in [0.05, 0.1) is 31.0 Å². The fourth-order valence-electron chi connectivity index (χ4n) is 4.04. The van der Waals surface area contributed by atoms with Crippen LogP contribution in [0.3, 0.4) is 0 Å². The highest BCUT2D eigenvalue weighted by atomic mass is 16.5. The average molecular weight is 389 g/mol. The zero-order valence-corrected chi connectivity index (χ0v) is 15.8. The van der Waals surface area contributed by atoms with E-state index in [4.69, 9.17) is 14.6 Å². The first-order valence-electron chi connectivity index (χ1n) is 8.99. The van der Waals surface area contributed by atoms with Crippen molar-refractivity contribution in [2.45, 2.75) is 36.9 Å². The molecule has 1 aliphatic carbocycles. The molecular weight excluding hydrogens is 366 g/mol. The molecule has 0 radical (unpaired) electrons. The van der Waals surface area contributed by atoms with Gasteiger partial charge in [-0.05, 0) is 12.1 Å². The number of aliphatic hydroxyl groups excluding tert-OH is 1. The Morgan fingerprint density at radius 2 is 2.18 bits per heavy atom. The van der Waals surface area contributed by atoms with Gasteiger partial charge in [-0.2, -0.15) is 0 Å². The molecule has 1 unspecified atom stereocenters. The first kappa shape index (κ1) is 19.9. The van der Waals surface area contributed by atoms with Gasteiger partial charge in [-0.25, -0.2) is 4.58 Å². The van der Waals surface area contributed by atoms with E-state index in [1.807, 2.05) is 12.1 Å². The largest absolute Gasteiger partial charge is 0.550 e. The minimum Gasteiger partial charge on any atom is -0.550 e. The Bertz CT molecular complexity index is 848. The van der Waals surface area contributed by atoms with Crippen molar-refractivity contribution in [3.63, 3.8) is 0 Å². The van der Waals surface area contributed by atoms with Gasteiger partial charge in [0.25, 0.3) is 0 Å². The number of carbonyl (C=O) groups is 2. The minimum absolute atomic E-state index is 0.0116. The highest BCUT2D eigenvalue weighted by Gasteiger charge is 2.53. The van der Waals surface area contributed by atoms with Crippen molar-refractivity contribution in [3.8, 4) is 11.5 Å². The zero-order chi connectivity index (χ0) is 20.5. The normalized spacial score (nSPS) is 26.5. The van der Waals surface area contributed by atoms with Crippen molar-refractivity contribution in [1.82, 2.24) is 0 Å². The van der Waals surface area contributed by atoms with E-state index >= 15 is 0 Å². The Balaban J connectivity index is 0.000000279. The fourth-order valence-corrected chi connectivity index (χ4v) is 4.04. The third-order valence-electron chi connectivity index (χ3n) is 5.28. The molecule has 3 atom stereocenters. The second-order valence-electron chi connectivity index (χ2n) is 7.17. The molecule has 0 bridgehead atoms. The standard InChI is InChI=1S/C17H20NO3.C3H4O4/c1-18-8-7-17-6-5-12(19)9-14(17)21-16-13(20-2)4-3-11(10-18)15(16)17;4-2(5)1-3(6)7/h3-6,10,12,14,19H,7-9H2,1-2H3;1H2,(H,4,5)(H,6,7)/q+1;/p-1/t12-,14?,17-;/m0./s1. The van der Waals surface area contributed by atoms with Gasteiger partial charge >= 0.3 is 5.97 Å². The molecule has 150 valence electrons. The van der Waals surface area contributed by atoms with Gasteiger partial charge in [-0.1, -0.05) is 12.2 Å². The molecule has 1 aromatic carbocycles. The molecule has 2 aliphatic heterocycles. The summed E-state index contributed by atoms with van der Waals surface area (Å²) in [7, 11) is 3.78. The van der Waals surface area contributed by atoms with Crippen molar-refractivity contribution < 1.29 is 39.0 Å². The lowest BCUT2D eigenvalue weighted by molar-refractivity contribution is -0.493. The van der Waals surface area contributed by atoms with Crippen LogP contribution in [0.4, 0.5) is 0 Å². The molecule has 1 aromatic rings. The molecule has 8 heteroatoms. The predicted molar refractivity (Wildman–Crippen MR) is 96.9 cm³/mol. The molecule has 0 saturated carbocycles. The Kier molecular flexibility index (Phi) is 5.42. The maximum absolute atomic E-state index is 9.97. The highest BCUT2D eigenvalue weighted by Crippen LogP contribution is 2.54. The van der Waals surface area contributed by atoms with Crippen molar-refractivity contribution >= 4 is 18.2 Å². The number of ether oxygens (including phenoxy) is 2. The molecule has 0 fully saturated rings. The lowest BCUT2D eigenvalue weighted by Gasteiger charge is -2.34. The highest BCUT2D eigenvalue weighted by molar-refractivity contribution is 5.87. The monoisotopic (exact) mass is 389 g/mol. The van der Waals surface area contributed by atoms with E-state index in [1.54, 1.807) is 7.11 Å². The van der Waals surface area contributed by atoms with Gasteiger partial charge in [0.1, 0.15) is 19.7 Å². The molecule has 3 aliphatic rings. The Hall–Kier alpha value is -2.87. The first-order chi connectivity index (χ1) is 13.3. The molecule has 2 N–H and O–H groups in total. The third-order valence-corrected chi connectivity index (χ3v) is 5.28. The van der Waals surface area contributed by atoms with E-state index < -0.39 is 24.5 Å². The van der Waals surface area contributed by atoms with E-state index in [9.17, 15) is 19.8 Å². The topological polar surface area (TPSA) is 119 Å². The summed E-state index contributed by atoms with van der Waals surface area (Å²) in [5.41, 5.74) is 2.27. The van der Waals surface area contributed by atoms with Crippen LogP contribution in [0.1, 0.15) is 30.4 Å². The summed E-state index contributed by atoms with van der Waals surface area (Å²) in [5.74, 6) is -1.30. The van der Waals surface area contributed by atoms with Crippen molar-refractivity contribution in [2.24, 2.45) is 0 Å². The van der Waals surface area contributed by atoms with Gasteiger partial charge in [-0.15, -0.1) is 0 Å². The maximum atomic E-state index is 9.97. The number of carbonyl (C=O) groups excluding carboxylic acids is 1. The summed E-state index contributed by atoms with van der Waals surface area (Å²) in [6, 6.07) is 4.07. The smallest absolute Gasteiger partial charge is 0.309 e. The number of carboxylic acid groups (broad SMARTS) is 2. The number of hydrogen-bond donors (Lipinski definition) is 2. The summed E-state index contributed by atoms with van der Waals surface area (Å²) in [4.78, 5) is 18.7. The van der Waals surface area contributed by atoms with Gasteiger partial charge in [0, 0.05) is 24.0 Å². The molecule has 0 aromatic heterocycles. The second kappa shape index (κ2) is 7.63. The number of aliphatic hydroxyl groups is 1. The van der Waals surface area contributed by atoms with Crippen molar-refractivity contribution in [2.75, 3.05) is 20.7 Å².